The van der Waals surface area contributed by atoms with E-state index >= 15 is 0 Å². The number of fused-ring (bicyclic) bond motifs is 1. The second kappa shape index (κ2) is 7.49. The zero-order valence-electron chi connectivity index (χ0n) is 20.8. The molecule has 0 atom stereocenters. The highest BCUT2D eigenvalue weighted by Crippen LogP contribution is 2.38. The Labute approximate surface area is 191 Å². The van der Waals surface area contributed by atoms with Gasteiger partial charge in [-0.15, -0.1) is 0 Å². The van der Waals surface area contributed by atoms with E-state index in [1.165, 1.54) is 0 Å². The summed E-state index contributed by atoms with van der Waals surface area (Å²) in [5.74, 6) is 0.460. The molecule has 2 fully saturated rings. The van der Waals surface area contributed by atoms with E-state index in [0.717, 1.165) is 27.9 Å². The molecule has 4 heterocycles. The van der Waals surface area contributed by atoms with Crippen LogP contribution in [0.3, 0.4) is 0 Å². The Balaban J connectivity index is 1.59. The van der Waals surface area contributed by atoms with Gasteiger partial charge in [-0.3, -0.25) is 4.98 Å². The van der Waals surface area contributed by atoms with Crippen LogP contribution in [-0.4, -0.2) is 58.0 Å². The lowest BCUT2D eigenvalue weighted by atomic mass is 9.79. The monoisotopic (exact) mass is 441 g/mol. The number of H-pyrrole nitrogens is 1. The third-order valence-corrected chi connectivity index (χ3v) is 6.75. The van der Waals surface area contributed by atoms with Crippen LogP contribution in [0.25, 0.3) is 11.0 Å². The molecular formula is C24H36BN3O4. The number of likely N-dealkylation sites (tertiary alicyclic amines) is 1. The van der Waals surface area contributed by atoms with E-state index in [0.29, 0.717) is 13.1 Å². The number of nitrogens with one attached hydrogen (secondary N) is 1. The molecule has 0 aromatic carbocycles. The lowest BCUT2D eigenvalue weighted by Gasteiger charge is -2.39. The van der Waals surface area contributed by atoms with Crippen molar-refractivity contribution in [3.8, 4) is 0 Å². The molecule has 0 bridgehead atoms. The number of hydrogen-bond donors (Lipinski definition) is 1. The molecule has 0 aliphatic carbocycles. The van der Waals surface area contributed by atoms with Gasteiger partial charge in [-0.2, -0.15) is 0 Å². The van der Waals surface area contributed by atoms with Crippen LogP contribution >= 0.6 is 0 Å². The summed E-state index contributed by atoms with van der Waals surface area (Å²) in [6, 6.07) is 4.13. The Bertz CT molecular complexity index is 1020. The van der Waals surface area contributed by atoms with Gasteiger partial charge in [-0.25, -0.2) is 4.79 Å². The van der Waals surface area contributed by atoms with Crippen molar-refractivity contribution in [3.05, 3.63) is 23.4 Å². The molecule has 1 N–H and O–H groups in total. The van der Waals surface area contributed by atoms with Gasteiger partial charge in [0.2, 0.25) is 0 Å². The highest BCUT2D eigenvalue weighted by Gasteiger charge is 2.53. The summed E-state index contributed by atoms with van der Waals surface area (Å²) in [7, 11) is -0.457. The summed E-state index contributed by atoms with van der Waals surface area (Å²) in [6.07, 6.45) is -0.262. The standard InChI is InChI=1S/C24H36BN3O4/c1-14(2)18-19-17(27-20(18)25-31-23(6,7)24(8,9)32-25)11-10-16(26-19)15-12-28(13-15)21(29)30-22(3,4)5/h10-11,14-15,27H,12-13H2,1-9H3. The van der Waals surface area contributed by atoms with Crippen LogP contribution in [0.4, 0.5) is 4.79 Å². The number of rotatable bonds is 3. The molecule has 2 aromatic heterocycles. The minimum Gasteiger partial charge on any atom is -0.444 e. The molecule has 2 aliphatic rings. The van der Waals surface area contributed by atoms with Crippen molar-refractivity contribution >= 4 is 29.8 Å². The van der Waals surface area contributed by atoms with Gasteiger partial charge in [0.25, 0.3) is 0 Å². The Morgan fingerprint density at radius 2 is 1.78 bits per heavy atom. The largest absolute Gasteiger partial charge is 0.512 e. The number of carbonyl (C=O) groups is 1. The average Bonchev–Trinajstić information content (AvgIpc) is 3.06. The highest BCUT2D eigenvalue weighted by molar-refractivity contribution is 6.62. The van der Waals surface area contributed by atoms with Gasteiger partial charge >= 0.3 is 13.2 Å². The van der Waals surface area contributed by atoms with Crippen molar-refractivity contribution in [2.75, 3.05) is 13.1 Å². The fourth-order valence-electron chi connectivity index (χ4n) is 4.22. The first-order valence-corrected chi connectivity index (χ1v) is 11.5. The van der Waals surface area contributed by atoms with Gasteiger partial charge in [0.05, 0.1) is 27.8 Å². The molecule has 0 radical (unpaired) electrons. The van der Waals surface area contributed by atoms with Gasteiger partial charge in [-0.05, 0) is 72.1 Å². The quantitative estimate of drug-likeness (QED) is 0.718. The van der Waals surface area contributed by atoms with E-state index in [-0.39, 0.29) is 17.9 Å². The molecule has 2 aliphatic heterocycles. The zero-order valence-corrected chi connectivity index (χ0v) is 20.8. The first kappa shape index (κ1) is 23.1. The first-order chi connectivity index (χ1) is 14.7. The number of amides is 1. The minimum atomic E-state index is -0.486. The Kier molecular flexibility index (Phi) is 5.41. The van der Waals surface area contributed by atoms with Crippen molar-refractivity contribution in [2.24, 2.45) is 0 Å². The van der Waals surface area contributed by atoms with E-state index in [4.69, 9.17) is 19.0 Å². The molecular weight excluding hydrogens is 405 g/mol. The van der Waals surface area contributed by atoms with E-state index < -0.39 is 23.9 Å². The predicted molar refractivity (Wildman–Crippen MR) is 126 cm³/mol. The van der Waals surface area contributed by atoms with Crippen molar-refractivity contribution in [2.45, 2.75) is 91.0 Å². The molecule has 4 rings (SSSR count). The minimum absolute atomic E-state index is 0.210. The number of nitrogens with zero attached hydrogens (tertiary/aromatic N) is 2. The summed E-state index contributed by atoms with van der Waals surface area (Å²) in [6.45, 7) is 19.5. The van der Waals surface area contributed by atoms with Crippen LogP contribution in [0.15, 0.2) is 12.1 Å². The Hall–Kier alpha value is -2.06. The summed E-state index contributed by atoms with van der Waals surface area (Å²) >= 11 is 0. The third-order valence-electron chi connectivity index (χ3n) is 6.75. The lowest BCUT2D eigenvalue weighted by Crippen LogP contribution is -2.50. The molecule has 8 heteroatoms. The van der Waals surface area contributed by atoms with Crippen molar-refractivity contribution in [1.29, 1.82) is 0 Å². The molecule has 174 valence electrons. The maximum absolute atomic E-state index is 12.3. The predicted octanol–water partition coefficient (Wildman–Crippen LogP) is 4.32. The van der Waals surface area contributed by atoms with Crippen LogP contribution in [0, 0.1) is 0 Å². The van der Waals surface area contributed by atoms with Crippen molar-refractivity contribution < 1.29 is 18.8 Å². The lowest BCUT2D eigenvalue weighted by molar-refractivity contribution is 0.00578. The summed E-state index contributed by atoms with van der Waals surface area (Å²) < 4.78 is 18.1. The number of aromatic amines is 1. The third kappa shape index (κ3) is 4.03. The summed E-state index contributed by atoms with van der Waals surface area (Å²) in [4.78, 5) is 22.6. The van der Waals surface area contributed by atoms with Crippen LogP contribution in [0.2, 0.25) is 0 Å². The number of ether oxygens (including phenoxy) is 1. The molecule has 0 unspecified atom stereocenters. The van der Waals surface area contributed by atoms with Crippen LogP contribution < -0.4 is 5.59 Å². The number of hydrogen-bond acceptors (Lipinski definition) is 5. The molecule has 32 heavy (non-hydrogen) atoms. The first-order valence-electron chi connectivity index (χ1n) is 11.5. The fraction of sp³-hybridized carbons (Fsp3) is 0.667. The fourth-order valence-corrected chi connectivity index (χ4v) is 4.22. The summed E-state index contributed by atoms with van der Waals surface area (Å²) in [5.41, 5.74) is 3.71. The van der Waals surface area contributed by atoms with Gasteiger partial charge in [-0.1, -0.05) is 13.8 Å². The SMILES string of the molecule is CC(C)c1c(B2OC(C)(C)C(C)(C)O2)[nH]c2ccc(C3CN(C(=O)OC(C)(C)C)C3)nc12. The van der Waals surface area contributed by atoms with E-state index in [1.807, 2.05) is 26.8 Å². The van der Waals surface area contributed by atoms with Crippen molar-refractivity contribution in [3.63, 3.8) is 0 Å². The molecule has 7 nitrogen and oxygen atoms in total. The van der Waals surface area contributed by atoms with Gasteiger partial charge in [0.15, 0.2) is 0 Å². The molecule has 2 aromatic rings. The second-order valence-electron chi connectivity index (χ2n) is 11.4. The van der Waals surface area contributed by atoms with E-state index in [9.17, 15) is 4.79 Å². The van der Waals surface area contributed by atoms with Crippen molar-refractivity contribution in [1.82, 2.24) is 14.9 Å². The summed E-state index contributed by atoms with van der Waals surface area (Å²) in [5, 5.41) is 0. The smallest absolute Gasteiger partial charge is 0.444 e. The van der Waals surface area contributed by atoms with Crippen LogP contribution in [-0.2, 0) is 14.0 Å². The number of aromatic nitrogens is 2. The highest BCUT2D eigenvalue weighted by atomic mass is 16.7. The number of carbonyl (C=O) groups excluding carboxylic acids is 1. The Morgan fingerprint density at radius 3 is 2.31 bits per heavy atom. The number of pyridine rings is 1. The average molecular weight is 441 g/mol. The topological polar surface area (TPSA) is 76.7 Å². The van der Waals surface area contributed by atoms with E-state index in [1.54, 1.807) is 4.90 Å². The van der Waals surface area contributed by atoms with Gasteiger partial charge < -0.3 is 23.9 Å². The molecule has 0 spiro atoms. The second-order valence-corrected chi connectivity index (χ2v) is 11.4. The molecule has 1 amide bonds. The normalized spacial score (nSPS) is 20.8. The Morgan fingerprint density at radius 1 is 1.19 bits per heavy atom. The molecule has 2 saturated heterocycles. The van der Waals surface area contributed by atoms with Crippen LogP contribution in [0.5, 0.6) is 0 Å². The molecule has 0 saturated carbocycles. The van der Waals surface area contributed by atoms with E-state index in [2.05, 4.69) is 52.6 Å². The van der Waals surface area contributed by atoms with Crippen LogP contribution in [0.1, 0.15) is 85.4 Å². The maximum atomic E-state index is 12.3. The van der Waals surface area contributed by atoms with Gasteiger partial charge in [0.1, 0.15) is 5.60 Å². The van der Waals surface area contributed by atoms with Gasteiger partial charge in [0, 0.05) is 24.7 Å². The maximum Gasteiger partial charge on any atom is 0.512 e. The zero-order chi connectivity index (χ0) is 23.6.